The van der Waals surface area contributed by atoms with Crippen LogP contribution in [0.25, 0.3) is 0 Å². The summed E-state index contributed by atoms with van der Waals surface area (Å²) in [6.07, 6.45) is 0.0146. The van der Waals surface area contributed by atoms with Crippen LogP contribution >= 0.6 is 12.4 Å². The maximum atomic E-state index is 11.0. The molecule has 0 amide bonds. The van der Waals surface area contributed by atoms with Gasteiger partial charge in [0.1, 0.15) is 11.4 Å². The topological polar surface area (TPSA) is 67.6 Å². The highest BCUT2D eigenvalue weighted by atomic mass is 35.5. The SMILES string of the molecule is CCN(CC)C(C)Nc1cc(OC)ccc1[N+](=O)[O-].Cl. The van der Waals surface area contributed by atoms with Crippen molar-refractivity contribution in [3.8, 4) is 5.75 Å². The molecule has 0 aliphatic carbocycles. The van der Waals surface area contributed by atoms with Crippen LogP contribution in [-0.4, -0.2) is 36.2 Å². The lowest BCUT2D eigenvalue weighted by Gasteiger charge is -2.27. The molecule has 6 nitrogen and oxygen atoms in total. The van der Waals surface area contributed by atoms with E-state index in [1.165, 1.54) is 6.07 Å². The van der Waals surface area contributed by atoms with Gasteiger partial charge >= 0.3 is 0 Å². The van der Waals surface area contributed by atoms with Crippen molar-refractivity contribution in [1.29, 1.82) is 0 Å². The van der Waals surface area contributed by atoms with Gasteiger partial charge in [0.15, 0.2) is 0 Å². The van der Waals surface area contributed by atoms with Crippen LogP contribution in [0, 0.1) is 10.1 Å². The van der Waals surface area contributed by atoms with Gasteiger partial charge in [-0.3, -0.25) is 15.0 Å². The molecule has 20 heavy (non-hydrogen) atoms. The molecule has 114 valence electrons. The summed E-state index contributed by atoms with van der Waals surface area (Å²) in [5, 5.41) is 14.2. The van der Waals surface area contributed by atoms with E-state index in [2.05, 4.69) is 24.1 Å². The van der Waals surface area contributed by atoms with Crippen LogP contribution in [0.15, 0.2) is 18.2 Å². The summed E-state index contributed by atoms with van der Waals surface area (Å²) in [6.45, 7) is 7.85. The van der Waals surface area contributed by atoms with Crippen molar-refractivity contribution in [2.75, 3.05) is 25.5 Å². The summed E-state index contributed by atoms with van der Waals surface area (Å²) in [6, 6.07) is 4.69. The van der Waals surface area contributed by atoms with Crippen LogP contribution in [0.2, 0.25) is 0 Å². The normalized spacial score (nSPS) is 11.7. The van der Waals surface area contributed by atoms with Crippen molar-refractivity contribution in [3.05, 3.63) is 28.3 Å². The van der Waals surface area contributed by atoms with Gasteiger partial charge in [0, 0.05) is 12.1 Å². The van der Waals surface area contributed by atoms with E-state index < -0.39 is 4.92 Å². The number of anilines is 1. The Morgan fingerprint density at radius 3 is 2.45 bits per heavy atom. The van der Waals surface area contributed by atoms with Gasteiger partial charge in [0.2, 0.25) is 0 Å². The molecule has 0 saturated carbocycles. The quantitative estimate of drug-likeness (QED) is 0.476. The summed E-state index contributed by atoms with van der Waals surface area (Å²) >= 11 is 0. The molecular weight excluding hydrogens is 282 g/mol. The minimum Gasteiger partial charge on any atom is -0.497 e. The molecule has 0 aromatic heterocycles. The molecule has 1 N–H and O–H groups in total. The molecule has 0 spiro atoms. The van der Waals surface area contributed by atoms with Crippen LogP contribution in [-0.2, 0) is 0 Å². The van der Waals surface area contributed by atoms with E-state index in [0.717, 1.165) is 13.1 Å². The Bertz CT molecular complexity index is 439. The Morgan fingerprint density at radius 2 is 2.00 bits per heavy atom. The Hall–Kier alpha value is -1.53. The van der Waals surface area contributed by atoms with Crippen LogP contribution in [0.3, 0.4) is 0 Å². The summed E-state index contributed by atoms with van der Waals surface area (Å²) in [5.74, 6) is 0.597. The lowest BCUT2D eigenvalue weighted by atomic mass is 10.2. The van der Waals surface area contributed by atoms with Crippen molar-refractivity contribution in [2.45, 2.75) is 26.9 Å². The van der Waals surface area contributed by atoms with Crippen LogP contribution < -0.4 is 10.1 Å². The Balaban J connectivity index is 0.00000361. The molecule has 1 aromatic rings. The van der Waals surface area contributed by atoms with Crippen LogP contribution in [0.1, 0.15) is 20.8 Å². The second-order valence-corrected chi connectivity index (χ2v) is 4.18. The second kappa shape index (κ2) is 8.60. The molecule has 0 radical (unpaired) electrons. The number of nitro benzene ring substituents is 1. The number of hydrogen-bond donors (Lipinski definition) is 1. The average Bonchev–Trinajstić information content (AvgIpc) is 2.39. The van der Waals surface area contributed by atoms with Gasteiger partial charge in [0.05, 0.1) is 18.2 Å². The molecule has 1 rings (SSSR count). The minimum atomic E-state index is -0.392. The van der Waals surface area contributed by atoms with Gasteiger partial charge in [-0.05, 0) is 26.1 Å². The molecule has 1 atom stereocenters. The molecule has 0 bridgehead atoms. The fraction of sp³-hybridized carbons (Fsp3) is 0.538. The fourth-order valence-corrected chi connectivity index (χ4v) is 2.00. The van der Waals surface area contributed by atoms with Gasteiger partial charge < -0.3 is 10.1 Å². The number of benzene rings is 1. The zero-order valence-corrected chi connectivity index (χ0v) is 13.1. The van der Waals surface area contributed by atoms with Crippen molar-refractivity contribution < 1.29 is 9.66 Å². The van der Waals surface area contributed by atoms with Crippen molar-refractivity contribution in [1.82, 2.24) is 4.90 Å². The van der Waals surface area contributed by atoms with Gasteiger partial charge in [-0.1, -0.05) is 13.8 Å². The number of ether oxygens (including phenoxy) is 1. The average molecular weight is 304 g/mol. The summed E-state index contributed by atoms with van der Waals surface area (Å²) in [5.41, 5.74) is 0.531. The van der Waals surface area contributed by atoms with Gasteiger partial charge in [-0.15, -0.1) is 12.4 Å². The predicted octanol–water partition coefficient (Wildman–Crippen LogP) is 3.12. The first-order chi connectivity index (χ1) is 9.03. The maximum Gasteiger partial charge on any atom is 0.292 e. The molecule has 0 heterocycles. The Labute approximate surface area is 125 Å². The molecule has 0 saturated heterocycles. The number of hydrogen-bond acceptors (Lipinski definition) is 5. The molecule has 1 aromatic carbocycles. The monoisotopic (exact) mass is 303 g/mol. The maximum absolute atomic E-state index is 11.0. The molecule has 7 heteroatoms. The zero-order chi connectivity index (χ0) is 14.4. The first kappa shape index (κ1) is 18.5. The van der Waals surface area contributed by atoms with E-state index in [9.17, 15) is 10.1 Å². The van der Waals surface area contributed by atoms with Crippen molar-refractivity contribution >= 4 is 23.8 Å². The highest BCUT2D eigenvalue weighted by molar-refractivity contribution is 5.85. The Morgan fingerprint density at radius 1 is 1.40 bits per heavy atom. The smallest absolute Gasteiger partial charge is 0.292 e. The largest absolute Gasteiger partial charge is 0.497 e. The third-order valence-electron chi connectivity index (χ3n) is 3.12. The number of nitro groups is 1. The minimum absolute atomic E-state index is 0. The third kappa shape index (κ3) is 4.54. The van der Waals surface area contributed by atoms with Crippen molar-refractivity contribution in [3.63, 3.8) is 0 Å². The predicted molar refractivity (Wildman–Crippen MR) is 82.9 cm³/mol. The van der Waals surface area contributed by atoms with Gasteiger partial charge in [-0.25, -0.2) is 0 Å². The van der Waals surface area contributed by atoms with E-state index >= 15 is 0 Å². The highest BCUT2D eigenvalue weighted by Crippen LogP contribution is 2.29. The molecular formula is C13H22ClN3O3. The number of halogens is 1. The zero-order valence-electron chi connectivity index (χ0n) is 12.3. The summed E-state index contributed by atoms with van der Waals surface area (Å²) < 4.78 is 5.11. The van der Waals surface area contributed by atoms with Crippen LogP contribution in [0.4, 0.5) is 11.4 Å². The van der Waals surface area contributed by atoms with Gasteiger partial charge in [-0.2, -0.15) is 0 Å². The highest BCUT2D eigenvalue weighted by Gasteiger charge is 2.18. The standard InChI is InChI=1S/C13H21N3O3.ClH/c1-5-15(6-2)10(3)14-12-9-11(19-4)7-8-13(12)16(17)18;/h7-10,14H,5-6H2,1-4H3;1H. The van der Waals surface area contributed by atoms with E-state index in [0.29, 0.717) is 11.4 Å². The van der Waals surface area contributed by atoms with E-state index in [-0.39, 0.29) is 24.3 Å². The van der Waals surface area contributed by atoms with Crippen molar-refractivity contribution in [2.24, 2.45) is 0 Å². The second-order valence-electron chi connectivity index (χ2n) is 4.18. The fourth-order valence-electron chi connectivity index (χ4n) is 2.00. The molecule has 0 fully saturated rings. The van der Waals surface area contributed by atoms with E-state index in [1.54, 1.807) is 19.2 Å². The van der Waals surface area contributed by atoms with E-state index in [1.807, 2.05) is 6.92 Å². The lowest BCUT2D eigenvalue weighted by Crippen LogP contribution is -2.38. The third-order valence-corrected chi connectivity index (χ3v) is 3.12. The van der Waals surface area contributed by atoms with Crippen LogP contribution in [0.5, 0.6) is 5.75 Å². The molecule has 0 aliphatic heterocycles. The molecule has 0 aliphatic rings. The lowest BCUT2D eigenvalue weighted by molar-refractivity contribution is -0.384. The number of methoxy groups -OCH3 is 1. The van der Waals surface area contributed by atoms with E-state index in [4.69, 9.17) is 4.74 Å². The summed E-state index contributed by atoms with van der Waals surface area (Å²) in [4.78, 5) is 12.8. The first-order valence-corrected chi connectivity index (χ1v) is 6.36. The first-order valence-electron chi connectivity index (χ1n) is 6.36. The van der Waals surface area contributed by atoms with Gasteiger partial charge in [0.25, 0.3) is 5.69 Å². The Kier molecular flexibility index (Phi) is 7.94. The summed E-state index contributed by atoms with van der Waals surface area (Å²) in [7, 11) is 1.54. The number of rotatable bonds is 7. The number of nitrogens with one attached hydrogen (secondary N) is 1. The number of nitrogens with zero attached hydrogens (tertiary/aromatic N) is 2. The molecule has 1 unspecified atom stereocenters.